The summed E-state index contributed by atoms with van der Waals surface area (Å²) < 4.78 is 4.99. The highest BCUT2D eigenvalue weighted by Crippen LogP contribution is 2.18. The van der Waals surface area contributed by atoms with Gasteiger partial charge in [-0.1, -0.05) is 0 Å². The number of hydrogen-bond donors (Lipinski definition) is 2. The van der Waals surface area contributed by atoms with Crippen molar-refractivity contribution in [1.82, 2.24) is 5.32 Å². The van der Waals surface area contributed by atoms with Crippen molar-refractivity contribution in [3.05, 3.63) is 0 Å². The summed E-state index contributed by atoms with van der Waals surface area (Å²) in [6.45, 7) is 2.96. The standard InChI is InChI=1S/C9H15NO4/c1-5(14-6(2)9(12)13)8(11)10-7-3-4-7/h5-7H,3-4H2,1-2H3,(H,10,11)(H,12,13). The fourth-order valence-corrected chi connectivity index (χ4v) is 0.972. The number of hydrogen-bond acceptors (Lipinski definition) is 3. The second-order valence-electron chi connectivity index (χ2n) is 3.54. The van der Waals surface area contributed by atoms with Gasteiger partial charge in [-0.3, -0.25) is 4.79 Å². The minimum atomic E-state index is -1.06. The number of amides is 1. The molecule has 0 radical (unpaired) electrons. The smallest absolute Gasteiger partial charge is 0.332 e. The molecular weight excluding hydrogens is 186 g/mol. The maximum absolute atomic E-state index is 11.3. The van der Waals surface area contributed by atoms with Gasteiger partial charge in [-0.05, 0) is 26.7 Å². The summed E-state index contributed by atoms with van der Waals surface area (Å²) in [6, 6.07) is 0.272. The second kappa shape index (κ2) is 4.41. The summed E-state index contributed by atoms with van der Waals surface area (Å²) >= 11 is 0. The molecule has 1 saturated carbocycles. The predicted octanol–water partition coefficient (Wildman–Crippen LogP) is 0.143. The Bertz CT molecular complexity index is 237. The van der Waals surface area contributed by atoms with Gasteiger partial charge in [0.15, 0.2) is 6.10 Å². The van der Waals surface area contributed by atoms with Gasteiger partial charge in [-0.2, -0.15) is 0 Å². The monoisotopic (exact) mass is 201 g/mol. The zero-order valence-electron chi connectivity index (χ0n) is 8.32. The van der Waals surface area contributed by atoms with E-state index in [2.05, 4.69) is 5.32 Å². The molecule has 0 aromatic heterocycles. The van der Waals surface area contributed by atoms with Crippen LogP contribution in [0.5, 0.6) is 0 Å². The Morgan fingerprint density at radius 3 is 2.36 bits per heavy atom. The van der Waals surface area contributed by atoms with Crippen molar-refractivity contribution >= 4 is 11.9 Å². The quantitative estimate of drug-likeness (QED) is 0.663. The minimum absolute atomic E-state index is 0.236. The Balaban J connectivity index is 2.28. The molecule has 1 fully saturated rings. The van der Waals surface area contributed by atoms with Crippen molar-refractivity contribution < 1.29 is 19.4 Å². The molecular formula is C9H15NO4. The molecule has 0 aromatic carbocycles. The highest BCUT2D eigenvalue weighted by molar-refractivity contribution is 5.81. The first-order valence-electron chi connectivity index (χ1n) is 4.69. The number of carbonyl (C=O) groups is 2. The topological polar surface area (TPSA) is 75.6 Å². The molecule has 1 amide bonds. The van der Waals surface area contributed by atoms with E-state index in [1.807, 2.05) is 0 Å². The van der Waals surface area contributed by atoms with Crippen LogP contribution in [0, 0.1) is 0 Å². The van der Waals surface area contributed by atoms with E-state index in [9.17, 15) is 9.59 Å². The van der Waals surface area contributed by atoms with E-state index in [0.29, 0.717) is 0 Å². The third kappa shape index (κ3) is 3.33. The second-order valence-corrected chi connectivity index (χ2v) is 3.54. The van der Waals surface area contributed by atoms with Crippen LogP contribution < -0.4 is 5.32 Å². The number of ether oxygens (including phenoxy) is 1. The molecule has 0 heterocycles. The van der Waals surface area contributed by atoms with Crippen LogP contribution in [-0.4, -0.2) is 35.2 Å². The van der Waals surface area contributed by atoms with Crippen molar-refractivity contribution in [2.75, 3.05) is 0 Å². The van der Waals surface area contributed by atoms with Crippen molar-refractivity contribution in [3.8, 4) is 0 Å². The van der Waals surface area contributed by atoms with Gasteiger partial charge in [0.25, 0.3) is 0 Å². The third-order valence-corrected chi connectivity index (χ3v) is 2.05. The molecule has 0 saturated heterocycles. The first kappa shape index (κ1) is 11.0. The lowest BCUT2D eigenvalue weighted by atomic mass is 10.3. The van der Waals surface area contributed by atoms with Crippen molar-refractivity contribution in [3.63, 3.8) is 0 Å². The lowest BCUT2D eigenvalue weighted by Gasteiger charge is -2.15. The molecule has 0 bridgehead atoms. The summed E-state index contributed by atoms with van der Waals surface area (Å²) in [5, 5.41) is 11.3. The van der Waals surface area contributed by atoms with Gasteiger partial charge in [-0.15, -0.1) is 0 Å². The van der Waals surface area contributed by atoms with Crippen LogP contribution in [-0.2, 0) is 14.3 Å². The Kier molecular flexibility index (Phi) is 3.46. The fraction of sp³-hybridized carbons (Fsp3) is 0.778. The Morgan fingerprint density at radius 2 is 1.93 bits per heavy atom. The molecule has 2 N–H and O–H groups in total. The van der Waals surface area contributed by atoms with Gasteiger partial charge in [-0.25, -0.2) is 4.79 Å². The molecule has 1 aliphatic carbocycles. The normalized spacial score (nSPS) is 19.9. The van der Waals surface area contributed by atoms with Crippen LogP contribution in [0.1, 0.15) is 26.7 Å². The maximum atomic E-state index is 11.3. The highest BCUT2D eigenvalue weighted by Gasteiger charge is 2.27. The van der Waals surface area contributed by atoms with Crippen molar-refractivity contribution in [1.29, 1.82) is 0 Å². The van der Waals surface area contributed by atoms with E-state index in [0.717, 1.165) is 12.8 Å². The first-order chi connectivity index (χ1) is 6.50. The van der Waals surface area contributed by atoms with Crippen molar-refractivity contribution in [2.45, 2.75) is 44.9 Å². The molecule has 5 nitrogen and oxygen atoms in total. The SMILES string of the molecule is CC(OC(C)C(=O)NC1CC1)C(=O)O. The lowest BCUT2D eigenvalue weighted by molar-refractivity contribution is -0.155. The predicted molar refractivity (Wildman–Crippen MR) is 48.8 cm³/mol. The largest absolute Gasteiger partial charge is 0.479 e. The minimum Gasteiger partial charge on any atom is -0.479 e. The number of aliphatic carboxylic acids is 1. The lowest BCUT2D eigenvalue weighted by Crippen LogP contribution is -2.39. The van der Waals surface area contributed by atoms with E-state index < -0.39 is 18.2 Å². The fourth-order valence-electron chi connectivity index (χ4n) is 0.972. The zero-order valence-corrected chi connectivity index (χ0v) is 8.32. The van der Waals surface area contributed by atoms with E-state index >= 15 is 0 Å². The number of rotatable bonds is 5. The molecule has 80 valence electrons. The summed E-state index contributed by atoms with van der Waals surface area (Å²) in [5.41, 5.74) is 0. The Hall–Kier alpha value is -1.10. The summed E-state index contributed by atoms with van der Waals surface area (Å²) in [6.07, 6.45) is 0.358. The van der Waals surface area contributed by atoms with Gasteiger partial charge in [0.2, 0.25) is 5.91 Å². The number of carbonyl (C=O) groups excluding carboxylic acids is 1. The first-order valence-corrected chi connectivity index (χ1v) is 4.69. The molecule has 5 heteroatoms. The molecule has 0 aromatic rings. The van der Waals surface area contributed by atoms with E-state index in [1.54, 1.807) is 6.92 Å². The van der Waals surface area contributed by atoms with Crippen LogP contribution in [0.4, 0.5) is 0 Å². The van der Waals surface area contributed by atoms with E-state index in [4.69, 9.17) is 9.84 Å². The maximum Gasteiger partial charge on any atom is 0.332 e. The molecule has 1 rings (SSSR count). The molecule has 0 spiro atoms. The number of carboxylic acid groups (broad SMARTS) is 1. The summed E-state index contributed by atoms with van der Waals surface area (Å²) in [7, 11) is 0. The highest BCUT2D eigenvalue weighted by atomic mass is 16.5. The van der Waals surface area contributed by atoms with Gasteiger partial charge in [0, 0.05) is 6.04 Å². The zero-order chi connectivity index (χ0) is 10.7. The van der Waals surface area contributed by atoms with Gasteiger partial charge in [0.1, 0.15) is 6.10 Å². The Morgan fingerprint density at radius 1 is 1.36 bits per heavy atom. The number of nitrogens with one attached hydrogen (secondary N) is 1. The van der Waals surface area contributed by atoms with Crippen LogP contribution in [0.2, 0.25) is 0 Å². The van der Waals surface area contributed by atoms with Gasteiger partial charge < -0.3 is 15.2 Å². The summed E-state index contributed by atoms with van der Waals surface area (Å²) in [5.74, 6) is -1.29. The molecule has 2 atom stereocenters. The average molecular weight is 201 g/mol. The third-order valence-electron chi connectivity index (χ3n) is 2.05. The molecule has 1 aliphatic rings. The van der Waals surface area contributed by atoms with Gasteiger partial charge >= 0.3 is 5.97 Å². The number of carboxylic acids is 1. The van der Waals surface area contributed by atoms with Crippen LogP contribution in [0.15, 0.2) is 0 Å². The van der Waals surface area contributed by atoms with Crippen LogP contribution >= 0.6 is 0 Å². The van der Waals surface area contributed by atoms with E-state index in [1.165, 1.54) is 6.92 Å². The average Bonchev–Trinajstić information content (AvgIpc) is 2.87. The van der Waals surface area contributed by atoms with Crippen LogP contribution in [0.25, 0.3) is 0 Å². The van der Waals surface area contributed by atoms with E-state index in [-0.39, 0.29) is 11.9 Å². The molecule has 2 unspecified atom stereocenters. The molecule has 14 heavy (non-hydrogen) atoms. The molecule has 0 aliphatic heterocycles. The van der Waals surface area contributed by atoms with Crippen LogP contribution in [0.3, 0.4) is 0 Å². The van der Waals surface area contributed by atoms with Crippen molar-refractivity contribution in [2.24, 2.45) is 0 Å². The Labute approximate surface area is 82.4 Å². The van der Waals surface area contributed by atoms with Gasteiger partial charge in [0.05, 0.1) is 0 Å². The summed E-state index contributed by atoms with van der Waals surface area (Å²) in [4.78, 5) is 21.8.